The molecule has 1 aromatic carbocycles. The van der Waals surface area contributed by atoms with Crippen LogP contribution in [0.3, 0.4) is 0 Å². The summed E-state index contributed by atoms with van der Waals surface area (Å²) in [5, 5.41) is 4.72. The molecule has 16 nitrogen and oxygen atoms in total. The first-order valence-corrected chi connectivity index (χ1v) is 15.1. The lowest BCUT2D eigenvalue weighted by molar-refractivity contribution is -0.136. The Morgan fingerprint density at radius 1 is 0.935 bits per heavy atom. The van der Waals surface area contributed by atoms with Crippen molar-refractivity contribution < 1.29 is 52.5 Å². The number of nitrogens with one attached hydrogen (secondary N) is 2. The second kappa shape index (κ2) is 17.7. The molecular formula is C30H43N5O11. The van der Waals surface area contributed by atoms with Crippen molar-refractivity contribution in [1.29, 1.82) is 0 Å². The van der Waals surface area contributed by atoms with Gasteiger partial charge in [0.05, 0.1) is 63.1 Å². The van der Waals surface area contributed by atoms with E-state index in [4.69, 9.17) is 29.4 Å². The predicted octanol–water partition coefficient (Wildman–Crippen LogP) is 0.289. The number of hydrogen-bond donors (Lipinski definition) is 3. The van der Waals surface area contributed by atoms with Crippen LogP contribution in [0.4, 0.5) is 10.5 Å². The van der Waals surface area contributed by atoms with Crippen molar-refractivity contribution in [3.8, 4) is 0 Å². The number of fused-ring (bicyclic) bond motifs is 1. The van der Waals surface area contributed by atoms with Crippen molar-refractivity contribution in [3.05, 3.63) is 29.3 Å². The lowest BCUT2D eigenvalue weighted by atomic mass is 10.0. The van der Waals surface area contributed by atoms with Gasteiger partial charge in [-0.15, -0.1) is 0 Å². The predicted molar refractivity (Wildman–Crippen MR) is 162 cm³/mol. The fraction of sp³-hybridized carbons (Fsp3) is 0.600. The van der Waals surface area contributed by atoms with Gasteiger partial charge in [0.1, 0.15) is 18.2 Å². The molecule has 2 aliphatic rings. The summed E-state index contributed by atoms with van der Waals surface area (Å²) < 4.78 is 27.2. The SMILES string of the molecule is CC(C)(C)OC(=O)N(CCOCCOCCN)CCOCCOCC(=O)Nc1cccc2c1C(=O)N(C1CCC(=O)NC1=O)C2=O. The number of nitrogens with zero attached hydrogens (tertiary/aromatic N) is 2. The fourth-order valence-electron chi connectivity index (χ4n) is 4.57. The second-order valence-corrected chi connectivity index (χ2v) is 11.4. The molecule has 2 aliphatic heterocycles. The number of carbonyl (C=O) groups excluding carboxylic acids is 6. The van der Waals surface area contributed by atoms with Crippen LogP contribution >= 0.6 is 0 Å². The summed E-state index contributed by atoms with van der Waals surface area (Å²) in [6.45, 7) is 7.81. The van der Waals surface area contributed by atoms with E-state index in [1.165, 1.54) is 23.1 Å². The van der Waals surface area contributed by atoms with Crippen LogP contribution in [0.25, 0.3) is 0 Å². The van der Waals surface area contributed by atoms with Gasteiger partial charge in [-0.3, -0.25) is 34.2 Å². The maximum absolute atomic E-state index is 13.2. The van der Waals surface area contributed by atoms with Crippen LogP contribution in [-0.2, 0) is 38.1 Å². The van der Waals surface area contributed by atoms with E-state index >= 15 is 0 Å². The minimum Gasteiger partial charge on any atom is -0.444 e. The zero-order valence-electron chi connectivity index (χ0n) is 26.5. The van der Waals surface area contributed by atoms with Crippen molar-refractivity contribution in [3.63, 3.8) is 0 Å². The summed E-state index contributed by atoms with van der Waals surface area (Å²) in [7, 11) is 0. The number of benzene rings is 1. The number of rotatable bonds is 18. The third-order valence-electron chi connectivity index (χ3n) is 6.64. The molecule has 6 amide bonds. The molecular weight excluding hydrogens is 606 g/mol. The number of ether oxygens (including phenoxy) is 5. The van der Waals surface area contributed by atoms with Crippen molar-refractivity contribution in [2.75, 3.05) is 77.8 Å². The zero-order chi connectivity index (χ0) is 33.7. The number of amides is 6. The number of imide groups is 2. The molecule has 4 N–H and O–H groups in total. The summed E-state index contributed by atoms with van der Waals surface area (Å²) in [6.07, 6.45) is -0.481. The Labute approximate surface area is 267 Å². The van der Waals surface area contributed by atoms with Gasteiger partial charge in [0, 0.05) is 26.1 Å². The Balaban J connectivity index is 1.40. The van der Waals surface area contributed by atoms with Crippen molar-refractivity contribution in [1.82, 2.24) is 15.1 Å². The highest BCUT2D eigenvalue weighted by Gasteiger charge is 2.45. The molecule has 1 fully saturated rings. The molecule has 0 bridgehead atoms. The Kier molecular flexibility index (Phi) is 14.0. The summed E-state index contributed by atoms with van der Waals surface area (Å²) in [5.41, 5.74) is 4.82. The van der Waals surface area contributed by atoms with Crippen molar-refractivity contribution in [2.45, 2.75) is 45.3 Å². The van der Waals surface area contributed by atoms with Gasteiger partial charge in [-0.25, -0.2) is 4.79 Å². The summed E-state index contributed by atoms with van der Waals surface area (Å²) >= 11 is 0. The molecule has 0 radical (unpaired) electrons. The number of anilines is 1. The van der Waals surface area contributed by atoms with Gasteiger partial charge in [0.15, 0.2) is 0 Å². The monoisotopic (exact) mass is 649 g/mol. The first kappa shape index (κ1) is 36.5. The Morgan fingerprint density at radius 2 is 1.57 bits per heavy atom. The molecule has 1 unspecified atom stereocenters. The van der Waals surface area contributed by atoms with E-state index in [0.717, 1.165) is 4.90 Å². The van der Waals surface area contributed by atoms with E-state index in [1.54, 1.807) is 20.8 Å². The average Bonchev–Trinajstić information content (AvgIpc) is 3.24. The Morgan fingerprint density at radius 3 is 2.17 bits per heavy atom. The molecule has 3 rings (SSSR count). The fourth-order valence-corrected chi connectivity index (χ4v) is 4.57. The van der Waals surface area contributed by atoms with Gasteiger partial charge in [-0.1, -0.05) is 6.07 Å². The highest BCUT2D eigenvalue weighted by molar-refractivity contribution is 6.26. The van der Waals surface area contributed by atoms with Crippen LogP contribution in [0.1, 0.15) is 54.3 Å². The standard InChI is InChI=1S/C30H43N5O11/c1-30(2,3)46-29(41)34(10-13-43-16-15-42-12-9-31)11-14-44-17-18-45-19-24(37)32-21-6-4-5-20-25(21)28(40)35(27(20)39)22-7-8-23(36)33-26(22)38/h4-6,22H,7-19,31H2,1-3H3,(H,32,37)(H,33,36,38). The average molecular weight is 650 g/mol. The van der Waals surface area contributed by atoms with Crippen molar-refractivity contribution >= 4 is 41.3 Å². The van der Waals surface area contributed by atoms with E-state index in [-0.39, 0.29) is 75.8 Å². The van der Waals surface area contributed by atoms with Gasteiger partial charge in [-0.2, -0.15) is 0 Å². The molecule has 1 saturated heterocycles. The Hall–Kier alpha value is -3.96. The highest BCUT2D eigenvalue weighted by Crippen LogP contribution is 2.32. The number of carbonyl (C=O) groups is 6. The molecule has 0 aliphatic carbocycles. The van der Waals surface area contributed by atoms with Crippen LogP contribution in [0.5, 0.6) is 0 Å². The van der Waals surface area contributed by atoms with E-state index in [2.05, 4.69) is 10.6 Å². The lowest BCUT2D eigenvalue weighted by Gasteiger charge is -2.27. The molecule has 254 valence electrons. The van der Waals surface area contributed by atoms with Crippen molar-refractivity contribution in [2.24, 2.45) is 5.73 Å². The third kappa shape index (κ3) is 10.8. The number of nitrogens with two attached hydrogens (primary N) is 1. The van der Waals surface area contributed by atoms with E-state index in [1.807, 2.05) is 0 Å². The Bertz CT molecular complexity index is 1270. The molecule has 0 saturated carbocycles. The third-order valence-corrected chi connectivity index (χ3v) is 6.64. The molecule has 1 atom stereocenters. The van der Waals surface area contributed by atoms with Crippen LogP contribution in [0.2, 0.25) is 0 Å². The van der Waals surface area contributed by atoms with Crippen LogP contribution in [0, 0.1) is 0 Å². The van der Waals surface area contributed by atoms with Gasteiger partial charge in [0.2, 0.25) is 17.7 Å². The minimum atomic E-state index is -1.12. The quantitative estimate of drug-likeness (QED) is 0.145. The molecule has 0 spiro atoms. The second-order valence-electron chi connectivity index (χ2n) is 11.4. The maximum atomic E-state index is 13.2. The molecule has 46 heavy (non-hydrogen) atoms. The normalized spacial score (nSPS) is 16.3. The summed E-state index contributed by atoms with van der Waals surface area (Å²) in [4.78, 5) is 77.4. The maximum Gasteiger partial charge on any atom is 0.410 e. The van der Waals surface area contributed by atoms with E-state index < -0.39 is 47.3 Å². The van der Waals surface area contributed by atoms with E-state index in [0.29, 0.717) is 26.4 Å². The smallest absolute Gasteiger partial charge is 0.410 e. The van der Waals surface area contributed by atoms with Gasteiger partial charge < -0.3 is 39.6 Å². The number of piperidine rings is 1. The highest BCUT2D eigenvalue weighted by atomic mass is 16.6. The van der Waals surface area contributed by atoms with Crippen LogP contribution in [-0.4, -0.2) is 130 Å². The summed E-state index contributed by atoms with van der Waals surface area (Å²) in [6, 6.07) is 3.29. The van der Waals surface area contributed by atoms with E-state index in [9.17, 15) is 28.8 Å². The zero-order valence-corrected chi connectivity index (χ0v) is 26.5. The first-order valence-electron chi connectivity index (χ1n) is 15.1. The minimum absolute atomic E-state index is 0.00211. The van der Waals surface area contributed by atoms with Gasteiger partial charge >= 0.3 is 6.09 Å². The number of hydrogen-bond acceptors (Lipinski definition) is 12. The molecule has 2 heterocycles. The van der Waals surface area contributed by atoms with Crippen LogP contribution < -0.4 is 16.4 Å². The van der Waals surface area contributed by atoms with Crippen LogP contribution in [0.15, 0.2) is 18.2 Å². The largest absolute Gasteiger partial charge is 0.444 e. The molecule has 0 aromatic heterocycles. The van der Waals surface area contributed by atoms with Gasteiger partial charge in [0.25, 0.3) is 11.8 Å². The molecule has 1 aromatic rings. The summed E-state index contributed by atoms with van der Waals surface area (Å²) in [5.74, 6) is -3.18. The van der Waals surface area contributed by atoms with Gasteiger partial charge in [-0.05, 0) is 39.3 Å². The topological polar surface area (TPSA) is 205 Å². The molecule has 16 heteroatoms. The first-order chi connectivity index (χ1) is 21.9. The lowest BCUT2D eigenvalue weighted by Crippen LogP contribution is -2.54.